The average Bonchev–Trinajstić information content (AvgIpc) is 2.89. The predicted octanol–water partition coefficient (Wildman–Crippen LogP) is 5.55. The van der Waals surface area contributed by atoms with Crippen LogP contribution >= 0.6 is 11.8 Å². The molecule has 1 heterocycles. The number of nitrogens with zero attached hydrogens (tertiary/aromatic N) is 1. The molecule has 3 aromatic carbocycles. The molecule has 0 fully saturated rings. The van der Waals surface area contributed by atoms with E-state index in [-0.39, 0.29) is 0 Å². The van der Waals surface area contributed by atoms with Gasteiger partial charge in [-0.2, -0.15) is 0 Å². The van der Waals surface area contributed by atoms with E-state index in [4.69, 9.17) is 14.6 Å². The maximum absolute atomic E-state index is 11.3. The number of para-hydroxylation sites is 1. The number of aromatic nitrogens is 1. The van der Waals surface area contributed by atoms with E-state index in [2.05, 4.69) is 4.98 Å². The zero-order valence-electron chi connectivity index (χ0n) is 19.4. The fraction of sp³-hybridized carbons (Fsp3) is 0.179. The topological polar surface area (TPSA) is 106 Å². The molecule has 4 rings (SSSR count). The van der Waals surface area contributed by atoms with E-state index in [0.717, 1.165) is 39.5 Å². The van der Waals surface area contributed by atoms with Crippen LogP contribution in [0.2, 0.25) is 0 Å². The number of carboxylic acids is 2. The van der Waals surface area contributed by atoms with E-state index in [9.17, 15) is 14.7 Å². The van der Waals surface area contributed by atoms with E-state index in [1.807, 2.05) is 84.9 Å². The minimum atomic E-state index is -1.13. The van der Waals surface area contributed by atoms with Crippen LogP contribution in [0, 0.1) is 0 Å². The van der Waals surface area contributed by atoms with Crippen LogP contribution in [0.4, 0.5) is 0 Å². The summed E-state index contributed by atoms with van der Waals surface area (Å²) in [5, 5.41) is 18.2. The first-order valence-electron chi connectivity index (χ1n) is 11.3. The average molecular weight is 504 g/mol. The number of pyridine rings is 1. The molecule has 0 amide bonds. The maximum atomic E-state index is 11.3. The summed E-state index contributed by atoms with van der Waals surface area (Å²) in [6.07, 6.45) is -0.419. The summed E-state index contributed by atoms with van der Waals surface area (Å²) in [5.74, 6) is -0.529. The zero-order chi connectivity index (χ0) is 25.3. The highest BCUT2D eigenvalue weighted by molar-refractivity contribution is 7.99. The van der Waals surface area contributed by atoms with Crippen molar-refractivity contribution in [2.45, 2.75) is 30.6 Å². The second-order valence-corrected chi connectivity index (χ2v) is 9.29. The van der Waals surface area contributed by atoms with Gasteiger partial charge in [-0.3, -0.25) is 9.59 Å². The number of ether oxygens (including phenoxy) is 2. The Kier molecular flexibility index (Phi) is 8.41. The van der Waals surface area contributed by atoms with Gasteiger partial charge in [0.1, 0.15) is 30.0 Å². The lowest BCUT2D eigenvalue weighted by atomic mass is 10.1. The van der Waals surface area contributed by atoms with Crippen LogP contribution in [-0.4, -0.2) is 32.4 Å². The SMILES string of the molecule is O=C(O)CC(SCc1cccc(COc2cccc(OCc3ccc4ccccc4n3)c2)c1)C(=O)O. The summed E-state index contributed by atoms with van der Waals surface area (Å²) in [4.78, 5) is 26.8. The number of aliphatic carboxylic acids is 2. The number of rotatable bonds is 12. The Morgan fingerprint density at radius 2 is 1.53 bits per heavy atom. The van der Waals surface area contributed by atoms with E-state index >= 15 is 0 Å². The molecule has 1 unspecified atom stereocenters. The van der Waals surface area contributed by atoms with Gasteiger partial charge in [-0.25, -0.2) is 4.98 Å². The van der Waals surface area contributed by atoms with Gasteiger partial charge < -0.3 is 19.7 Å². The monoisotopic (exact) mass is 503 g/mol. The third kappa shape index (κ3) is 7.23. The molecular formula is C28H25NO6S. The van der Waals surface area contributed by atoms with Gasteiger partial charge in [0.2, 0.25) is 0 Å². The molecule has 0 aliphatic rings. The fourth-order valence-electron chi connectivity index (χ4n) is 3.55. The fourth-order valence-corrected chi connectivity index (χ4v) is 4.52. The van der Waals surface area contributed by atoms with Gasteiger partial charge in [-0.1, -0.05) is 54.6 Å². The maximum Gasteiger partial charge on any atom is 0.317 e. The second kappa shape index (κ2) is 12.1. The number of thioether (sulfide) groups is 1. The number of fused-ring (bicyclic) bond motifs is 1. The van der Waals surface area contributed by atoms with Crippen molar-refractivity contribution in [1.29, 1.82) is 0 Å². The second-order valence-electron chi connectivity index (χ2n) is 8.10. The molecule has 8 heteroatoms. The van der Waals surface area contributed by atoms with Crippen LogP contribution in [0.15, 0.2) is 84.9 Å². The molecule has 184 valence electrons. The first kappa shape index (κ1) is 25.1. The largest absolute Gasteiger partial charge is 0.489 e. The van der Waals surface area contributed by atoms with Gasteiger partial charge in [0.25, 0.3) is 0 Å². The van der Waals surface area contributed by atoms with Crippen molar-refractivity contribution >= 4 is 34.6 Å². The first-order chi connectivity index (χ1) is 17.5. The highest BCUT2D eigenvalue weighted by Gasteiger charge is 2.21. The van der Waals surface area contributed by atoms with Crippen LogP contribution in [0.5, 0.6) is 11.5 Å². The molecule has 4 aromatic rings. The molecule has 7 nitrogen and oxygen atoms in total. The highest BCUT2D eigenvalue weighted by Crippen LogP contribution is 2.24. The number of carbonyl (C=O) groups is 2. The van der Waals surface area contributed by atoms with Gasteiger partial charge >= 0.3 is 11.9 Å². The molecule has 0 aliphatic heterocycles. The highest BCUT2D eigenvalue weighted by atomic mass is 32.2. The van der Waals surface area contributed by atoms with Crippen LogP contribution in [0.3, 0.4) is 0 Å². The molecule has 1 atom stereocenters. The Labute approximate surface area is 212 Å². The van der Waals surface area contributed by atoms with Gasteiger partial charge in [0.05, 0.1) is 17.6 Å². The normalized spacial score (nSPS) is 11.7. The Morgan fingerprint density at radius 3 is 2.31 bits per heavy atom. The summed E-state index contributed by atoms with van der Waals surface area (Å²) in [7, 11) is 0. The first-order valence-corrected chi connectivity index (χ1v) is 12.4. The lowest BCUT2D eigenvalue weighted by molar-refractivity contribution is -0.142. The molecule has 0 saturated carbocycles. The summed E-state index contributed by atoms with van der Waals surface area (Å²) in [6, 6.07) is 26.9. The third-order valence-corrected chi connectivity index (χ3v) is 6.60. The molecule has 0 saturated heterocycles. The molecule has 36 heavy (non-hydrogen) atoms. The van der Waals surface area contributed by atoms with Crippen LogP contribution in [0.25, 0.3) is 10.9 Å². The summed E-state index contributed by atoms with van der Waals surface area (Å²) < 4.78 is 11.9. The Morgan fingerprint density at radius 1 is 0.806 bits per heavy atom. The molecular weight excluding hydrogens is 478 g/mol. The number of hydrogen-bond donors (Lipinski definition) is 2. The van der Waals surface area contributed by atoms with Gasteiger partial charge in [-0.15, -0.1) is 11.8 Å². The summed E-state index contributed by atoms with van der Waals surface area (Å²) >= 11 is 1.10. The molecule has 0 aliphatic carbocycles. The van der Waals surface area contributed by atoms with Crippen LogP contribution in [0.1, 0.15) is 23.2 Å². The van der Waals surface area contributed by atoms with E-state index < -0.39 is 23.6 Å². The van der Waals surface area contributed by atoms with Crippen LogP contribution < -0.4 is 9.47 Å². The Hall–Kier alpha value is -4.04. The van der Waals surface area contributed by atoms with Crippen molar-refractivity contribution in [2.24, 2.45) is 0 Å². The van der Waals surface area contributed by atoms with Crippen molar-refractivity contribution in [2.75, 3.05) is 0 Å². The van der Waals surface area contributed by atoms with Crippen molar-refractivity contribution in [3.63, 3.8) is 0 Å². The van der Waals surface area contributed by atoms with Crippen molar-refractivity contribution in [3.8, 4) is 11.5 Å². The quantitative estimate of drug-likeness (QED) is 0.259. The number of benzene rings is 3. The summed E-state index contributed by atoms with van der Waals surface area (Å²) in [6.45, 7) is 0.666. The third-order valence-electron chi connectivity index (χ3n) is 5.33. The lowest BCUT2D eigenvalue weighted by Crippen LogP contribution is -2.20. The van der Waals surface area contributed by atoms with Crippen molar-refractivity contribution in [3.05, 3.63) is 102 Å². The van der Waals surface area contributed by atoms with Crippen molar-refractivity contribution < 1.29 is 29.3 Å². The zero-order valence-corrected chi connectivity index (χ0v) is 20.2. The standard InChI is InChI=1S/C28H25NO6S/c30-27(31)15-26(28(32)33)36-18-20-6-3-5-19(13-20)16-34-23-8-4-9-24(14-23)35-17-22-12-11-21-7-1-2-10-25(21)29-22/h1-14,26H,15-18H2,(H,30,31)(H,32,33). The lowest BCUT2D eigenvalue weighted by Gasteiger charge is -2.12. The van der Waals surface area contributed by atoms with Gasteiger partial charge in [0, 0.05) is 17.2 Å². The summed E-state index contributed by atoms with van der Waals surface area (Å²) in [5.41, 5.74) is 3.59. The number of hydrogen-bond acceptors (Lipinski definition) is 6. The molecule has 0 bridgehead atoms. The van der Waals surface area contributed by atoms with Crippen LogP contribution in [-0.2, 0) is 28.6 Å². The number of carboxylic acid groups (broad SMARTS) is 2. The minimum absolute atomic E-state index is 0.325. The van der Waals surface area contributed by atoms with E-state index in [1.54, 1.807) is 0 Å². The molecule has 0 radical (unpaired) electrons. The van der Waals surface area contributed by atoms with E-state index in [0.29, 0.717) is 30.5 Å². The minimum Gasteiger partial charge on any atom is -0.489 e. The van der Waals surface area contributed by atoms with Crippen molar-refractivity contribution in [1.82, 2.24) is 4.98 Å². The van der Waals surface area contributed by atoms with E-state index in [1.165, 1.54) is 0 Å². The predicted molar refractivity (Wildman–Crippen MR) is 138 cm³/mol. The van der Waals surface area contributed by atoms with Gasteiger partial charge in [0.15, 0.2) is 0 Å². The molecule has 2 N–H and O–H groups in total. The molecule has 1 aromatic heterocycles. The Bertz CT molecular complexity index is 1360. The molecule has 0 spiro atoms. The Balaban J connectivity index is 1.31. The van der Waals surface area contributed by atoms with Gasteiger partial charge in [-0.05, 0) is 35.4 Å². The smallest absolute Gasteiger partial charge is 0.317 e.